The van der Waals surface area contributed by atoms with Crippen LogP contribution in [0.5, 0.6) is 11.5 Å². The topological polar surface area (TPSA) is 98.3 Å². The number of anilines is 2. The third-order valence-electron chi connectivity index (χ3n) is 4.42. The Labute approximate surface area is 180 Å². The predicted molar refractivity (Wildman–Crippen MR) is 122 cm³/mol. The van der Waals surface area contributed by atoms with Gasteiger partial charge in [-0.15, -0.1) is 0 Å². The van der Waals surface area contributed by atoms with Gasteiger partial charge in [0.2, 0.25) is 0 Å². The Kier molecular flexibility index (Phi) is 7.31. The second-order valence-corrected chi connectivity index (χ2v) is 6.26. The largest absolute Gasteiger partial charge is 0.493 e. The molecule has 2 aromatic carbocycles. The molecule has 31 heavy (non-hydrogen) atoms. The summed E-state index contributed by atoms with van der Waals surface area (Å²) in [7, 11) is 3.23. The van der Waals surface area contributed by atoms with Crippen LogP contribution in [0.4, 0.5) is 11.5 Å². The number of nitrogens with zero attached hydrogens (tertiary/aromatic N) is 3. The molecule has 8 heteroatoms. The fraction of sp³-hybridized carbons (Fsp3) is 0.130. The maximum absolute atomic E-state index is 8.00. The Balaban J connectivity index is 0.00000132. The first kappa shape index (κ1) is 21.5. The maximum atomic E-state index is 8.00. The zero-order chi connectivity index (χ0) is 22.1. The minimum absolute atomic E-state index is 0.527. The van der Waals surface area contributed by atoms with E-state index in [0.29, 0.717) is 29.6 Å². The fourth-order valence-electron chi connectivity index (χ4n) is 2.93. The number of hydrogen-bond acceptors (Lipinski definition) is 8. The molecule has 4 rings (SSSR count). The highest BCUT2D eigenvalue weighted by Gasteiger charge is 2.09. The van der Waals surface area contributed by atoms with E-state index in [1.807, 2.05) is 67.5 Å². The van der Waals surface area contributed by atoms with E-state index < -0.39 is 0 Å². The molecule has 0 aliphatic rings. The second kappa shape index (κ2) is 10.5. The first-order chi connectivity index (χ1) is 15.3. The second-order valence-electron chi connectivity index (χ2n) is 6.26. The third-order valence-corrected chi connectivity index (χ3v) is 4.42. The smallest absolute Gasteiger partial charge is 0.180 e. The molecule has 0 saturated carbocycles. The van der Waals surface area contributed by atoms with Crippen molar-refractivity contribution in [1.29, 1.82) is 0 Å². The monoisotopic (exact) mass is 417 g/mol. The summed E-state index contributed by atoms with van der Waals surface area (Å²) in [5.41, 5.74) is 4.03. The lowest BCUT2D eigenvalue weighted by molar-refractivity contribution is -0.0979. The van der Waals surface area contributed by atoms with Crippen LogP contribution in [-0.2, 0) is 4.79 Å². The highest BCUT2D eigenvalue weighted by molar-refractivity contribution is 5.76. The molecule has 2 heterocycles. The Morgan fingerprint density at radius 1 is 0.871 bits per heavy atom. The minimum Gasteiger partial charge on any atom is -0.493 e. The normalized spacial score (nSPS) is 10.0. The van der Waals surface area contributed by atoms with Crippen molar-refractivity contribution < 1.29 is 14.3 Å². The molecule has 0 aliphatic heterocycles. The molecule has 158 valence electrons. The number of para-hydroxylation sites is 1. The average Bonchev–Trinajstić information content (AvgIpc) is 2.85. The van der Waals surface area contributed by atoms with Crippen LogP contribution in [0.1, 0.15) is 0 Å². The summed E-state index contributed by atoms with van der Waals surface area (Å²) in [6.07, 6.45) is 1.70. The first-order valence-corrected chi connectivity index (χ1v) is 9.44. The maximum Gasteiger partial charge on any atom is 0.180 e. The van der Waals surface area contributed by atoms with E-state index in [0.717, 1.165) is 22.5 Å². The molecule has 0 saturated heterocycles. The van der Waals surface area contributed by atoms with Gasteiger partial charge < -0.3 is 24.9 Å². The van der Waals surface area contributed by atoms with E-state index in [1.165, 1.54) is 0 Å². The SMILES string of the molecule is C=O.COc1ccc(-c2ccc3ncc(NCNc4ccccc4)nc3n2)cc1OC. The number of rotatable bonds is 7. The van der Waals surface area contributed by atoms with Crippen LogP contribution < -0.4 is 20.1 Å². The quantitative estimate of drug-likeness (QED) is 0.435. The number of benzene rings is 2. The predicted octanol–water partition coefficient (Wildman–Crippen LogP) is 4.01. The van der Waals surface area contributed by atoms with Crippen LogP contribution in [0, 0.1) is 0 Å². The lowest BCUT2D eigenvalue weighted by Crippen LogP contribution is -2.12. The highest BCUT2D eigenvalue weighted by Crippen LogP contribution is 2.32. The van der Waals surface area contributed by atoms with Gasteiger partial charge in [-0.05, 0) is 42.5 Å². The van der Waals surface area contributed by atoms with Crippen LogP contribution in [0.3, 0.4) is 0 Å². The number of aromatic nitrogens is 3. The summed E-state index contributed by atoms with van der Waals surface area (Å²) in [6.45, 7) is 2.53. The summed E-state index contributed by atoms with van der Waals surface area (Å²) in [4.78, 5) is 21.7. The molecular formula is C23H23N5O3. The zero-order valence-corrected chi connectivity index (χ0v) is 17.3. The van der Waals surface area contributed by atoms with E-state index in [9.17, 15) is 0 Å². The number of fused-ring (bicyclic) bond motifs is 1. The Bertz CT molecular complexity index is 1140. The van der Waals surface area contributed by atoms with Crippen LogP contribution in [0.2, 0.25) is 0 Å². The standard InChI is InChI=1S/C22H21N5O2.CH2O/c1-28-19-11-8-15(12-20(19)29-2)17-9-10-18-22(26-17)27-21(13-23-18)25-14-24-16-6-4-3-5-7-16;1-2/h3-13,24H,14H2,1-2H3,(H,25,26,27);1H2. The van der Waals surface area contributed by atoms with Crippen molar-refractivity contribution in [3.63, 3.8) is 0 Å². The lowest BCUT2D eigenvalue weighted by Gasteiger charge is -2.10. The molecular weight excluding hydrogens is 394 g/mol. The van der Waals surface area contributed by atoms with Gasteiger partial charge in [-0.1, -0.05) is 18.2 Å². The molecule has 0 radical (unpaired) electrons. The van der Waals surface area contributed by atoms with E-state index in [-0.39, 0.29) is 0 Å². The zero-order valence-electron chi connectivity index (χ0n) is 17.3. The average molecular weight is 417 g/mol. The van der Waals surface area contributed by atoms with E-state index in [4.69, 9.17) is 14.3 Å². The van der Waals surface area contributed by atoms with Gasteiger partial charge in [0.1, 0.15) is 18.1 Å². The van der Waals surface area contributed by atoms with Gasteiger partial charge in [0.25, 0.3) is 0 Å². The highest BCUT2D eigenvalue weighted by atomic mass is 16.5. The van der Waals surface area contributed by atoms with Crippen LogP contribution in [0.15, 0.2) is 66.9 Å². The fourth-order valence-corrected chi connectivity index (χ4v) is 2.93. The number of pyridine rings is 1. The molecule has 2 aromatic heterocycles. The molecule has 0 unspecified atom stereocenters. The van der Waals surface area contributed by atoms with Crippen LogP contribution >= 0.6 is 0 Å². The van der Waals surface area contributed by atoms with E-state index in [1.54, 1.807) is 20.4 Å². The van der Waals surface area contributed by atoms with Gasteiger partial charge in [-0.2, -0.15) is 0 Å². The molecule has 0 bridgehead atoms. The van der Waals surface area contributed by atoms with E-state index in [2.05, 4.69) is 25.6 Å². The molecule has 0 amide bonds. The van der Waals surface area contributed by atoms with Crippen molar-refractivity contribution >= 4 is 29.5 Å². The molecule has 2 N–H and O–H groups in total. The number of carbonyl (C=O) groups is 1. The van der Waals surface area contributed by atoms with Gasteiger partial charge in [0.05, 0.1) is 32.8 Å². The summed E-state index contributed by atoms with van der Waals surface area (Å²) in [6, 6.07) is 19.5. The van der Waals surface area contributed by atoms with Crippen molar-refractivity contribution in [1.82, 2.24) is 15.0 Å². The minimum atomic E-state index is 0.527. The van der Waals surface area contributed by atoms with Gasteiger partial charge in [0.15, 0.2) is 17.1 Å². The molecule has 8 nitrogen and oxygen atoms in total. The molecule has 0 atom stereocenters. The lowest BCUT2D eigenvalue weighted by atomic mass is 10.1. The van der Waals surface area contributed by atoms with E-state index >= 15 is 0 Å². The number of methoxy groups -OCH3 is 2. The van der Waals surface area contributed by atoms with Crippen molar-refractivity contribution in [2.24, 2.45) is 0 Å². The van der Waals surface area contributed by atoms with Crippen molar-refractivity contribution in [3.05, 3.63) is 66.9 Å². The number of nitrogens with one attached hydrogen (secondary N) is 2. The van der Waals surface area contributed by atoms with Crippen molar-refractivity contribution in [2.75, 3.05) is 31.5 Å². The summed E-state index contributed by atoms with van der Waals surface area (Å²) in [5, 5.41) is 6.49. The summed E-state index contributed by atoms with van der Waals surface area (Å²) in [5.74, 6) is 1.98. The molecule has 0 fully saturated rings. The Morgan fingerprint density at radius 2 is 1.65 bits per heavy atom. The first-order valence-electron chi connectivity index (χ1n) is 9.44. The van der Waals surface area contributed by atoms with Crippen molar-refractivity contribution in [3.8, 4) is 22.8 Å². The van der Waals surface area contributed by atoms with Crippen LogP contribution in [0.25, 0.3) is 22.4 Å². The number of ether oxygens (including phenoxy) is 2. The summed E-state index contributed by atoms with van der Waals surface area (Å²) >= 11 is 0. The number of hydrogen-bond donors (Lipinski definition) is 2. The third kappa shape index (κ3) is 5.24. The Hall–Kier alpha value is -4.20. The van der Waals surface area contributed by atoms with Gasteiger partial charge in [-0.3, -0.25) is 0 Å². The summed E-state index contributed by atoms with van der Waals surface area (Å²) < 4.78 is 10.7. The van der Waals surface area contributed by atoms with Crippen LogP contribution in [-0.4, -0.2) is 42.6 Å². The van der Waals surface area contributed by atoms with Gasteiger partial charge in [-0.25, -0.2) is 15.0 Å². The molecule has 4 aromatic rings. The molecule has 0 aliphatic carbocycles. The van der Waals surface area contributed by atoms with Gasteiger partial charge in [0, 0.05) is 11.3 Å². The van der Waals surface area contributed by atoms with Gasteiger partial charge >= 0.3 is 0 Å². The number of carbonyl (C=O) groups excluding carboxylic acids is 1. The van der Waals surface area contributed by atoms with Crippen molar-refractivity contribution in [2.45, 2.75) is 0 Å². The Morgan fingerprint density at radius 3 is 2.39 bits per heavy atom. The molecule has 0 spiro atoms.